The third-order valence-electron chi connectivity index (χ3n) is 7.98. The minimum Gasteiger partial charge on any atom is -0.492 e. The van der Waals surface area contributed by atoms with Crippen LogP contribution < -0.4 is 15.0 Å². The Bertz CT molecular complexity index is 1500. The summed E-state index contributed by atoms with van der Waals surface area (Å²) in [6.45, 7) is 2.19. The van der Waals surface area contributed by atoms with Gasteiger partial charge in [0.1, 0.15) is 18.4 Å². The highest BCUT2D eigenvalue weighted by atomic mass is 35.5. The molecule has 0 saturated heterocycles. The summed E-state index contributed by atoms with van der Waals surface area (Å²) in [7, 11) is 0. The molecular formula is C36H37ClN2O4. The van der Waals surface area contributed by atoms with Crippen LogP contribution in [0.1, 0.15) is 47.2 Å². The zero-order valence-electron chi connectivity index (χ0n) is 24.1. The SMILES string of the molecule is O=C(c1ccccc1)c1ccccc1NC(Cc1ccc(OCCN(CC2CCCC2)c2ccccc2Cl)cc1)C(=O)O. The number of carbonyl (C=O) groups excluding carboxylic acids is 1. The zero-order valence-corrected chi connectivity index (χ0v) is 24.9. The smallest absolute Gasteiger partial charge is 0.326 e. The molecule has 1 atom stereocenters. The molecule has 1 saturated carbocycles. The normalized spacial score (nSPS) is 13.8. The maximum absolute atomic E-state index is 13.1. The van der Waals surface area contributed by atoms with Crippen LogP contribution in [-0.4, -0.2) is 42.6 Å². The summed E-state index contributed by atoms with van der Waals surface area (Å²) >= 11 is 6.54. The van der Waals surface area contributed by atoms with Crippen LogP contribution in [0.15, 0.2) is 103 Å². The molecule has 43 heavy (non-hydrogen) atoms. The van der Waals surface area contributed by atoms with Gasteiger partial charge in [-0.05, 0) is 60.7 Å². The van der Waals surface area contributed by atoms with Crippen LogP contribution in [0.4, 0.5) is 11.4 Å². The minimum absolute atomic E-state index is 0.161. The number of nitrogens with zero attached hydrogens (tertiary/aromatic N) is 1. The first-order valence-corrected chi connectivity index (χ1v) is 15.2. The Morgan fingerprint density at radius 1 is 0.884 bits per heavy atom. The van der Waals surface area contributed by atoms with E-state index in [-0.39, 0.29) is 12.2 Å². The Balaban J connectivity index is 1.20. The summed E-state index contributed by atoms with van der Waals surface area (Å²) in [6.07, 6.45) is 5.33. The van der Waals surface area contributed by atoms with E-state index in [4.69, 9.17) is 16.3 Å². The first-order valence-electron chi connectivity index (χ1n) is 14.9. The molecule has 0 spiro atoms. The van der Waals surface area contributed by atoms with E-state index < -0.39 is 12.0 Å². The second kappa shape index (κ2) is 14.7. The van der Waals surface area contributed by atoms with Crippen LogP contribution >= 0.6 is 11.6 Å². The van der Waals surface area contributed by atoms with Gasteiger partial charge in [-0.15, -0.1) is 0 Å². The number of benzene rings is 4. The van der Waals surface area contributed by atoms with Crippen molar-refractivity contribution in [3.8, 4) is 5.75 Å². The van der Waals surface area contributed by atoms with Crippen LogP contribution in [-0.2, 0) is 11.2 Å². The van der Waals surface area contributed by atoms with Gasteiger partial charge in [0.25, 0.3) is 0 Å². The van der Waals surface area contributed by atoms with Crippen molar-refractivity contribution < 1.29 is 19.4 Å². The Hall–Kier alpha value is -4.29. The quantitative estimate of drug-likeness (QED) is 0.145. The molecule has 0 amide bonds. The van der Waals surface area contributed by atoms with E-state index in [2.05, 4.69) is 16.3 Å². The summed E-state index contributed by atoms with van der Waals surface area (Å²) in [5.74, 6) is 0.243. The van der Waals surface area contributed by atoms with Crippen molar-refractivity contribution in [3.05, 3.63) is 125 Å². The van der Waals surface area contributed by atoms with E-state index in [9.17, 15) is 14.7 Å². The second-order valence-corrected chi connectivity index (χ2v) is 11.4. The largest absolute Gasteiger partial charge is 0.492 e. The maximum atomic E-state index is 13.1. The predicted molar refractivity (Wildman–Crippen MR) is 173 cm³/mol. The number of aliphatic carboxylic acids is 1. The summed E-state index contributed by atoms with van der Waals surface area (Å²) in [4.78, 5) is 27.7. The Labute approximate surface area is 258 Å². The molecule has 0 aliphatic heterocycles. The minimum atomic E-state index is -0.996. The van der Waals surface area contributed by atoms with Gasteiger partial charge in [0.15, 0.2) is 5.78 Å². The van der Waals surface area contributed by atoms with Crippen molar-refractivity contribution in [2.45, 2.75) is 38.1 Å². The summed E-state index contributed by atoms with van der Waals surface area (Å²) in [5, 5.41) is 13.8. The number of ketones is 1. The maximum Gasteiger partial charge on any atom is 0.326 e. The highest BCUT2D eigenvalue weighted by Gasteiger charge is 2.22. The lowest BCUT2D eigenvalue weighted by Crippen LogP contribution is -2.33. The molecule has 0 aromatic heterocycles. The highest BCUT2D eigenvalue weighted by Crippen LogP contribution is 2.31. The lowest BCUT2D eigenvalue weighted by Gasteiger charge is -2.28. The van der Waals surface area contributed by atoms with Crippen molar-refractivity contribution >= 4 is 34.7 Å². The molecule has 1 unspecified atom stereocenters. The van der Waals surface area contributed by atoms with Gasteiger partial charge in [0.05, 0.1) is 17.3 Å². The number of para-hydroxylation sites is 2. The van der Waals surface area contributed by atoms with Gasteiger partial charge >= 0.3 is 5.97 Å². The molecule has 1 aliphatic carbocycles. The van der Waals surface area contributed by atoms with E-state index in [1.807, 2.05) is 60.7 Å². The molecule has 0 heterocycles. The molecule has 4 aromatic carbocycles. The summed E-state index contributed by atoms with van der Waals surface area (Å²) in [5.41, 5.74) is 3.35. The number of carboxylic acids is 1. The fraction of sp³-hybridized carbons (Fsp3) is 0.278. The van der Waals surface area contributed by atoms with Crippen molar-refractivity contribution in [2.75, 3.05) is 29.9 Å². The number of nitrogens with one attached hydrogen (secondary N) is 1. The summed E-state index contributed by atoms with van der Waals surface area (Å²) < 4.78 is 6.10. The van der Waals surface area contributed by atoms with Crippen molar-refractivity contribution in [1.82, 2.24) is 0 Å². The van der Waals surface area contributed by atoms with Crippen molar-refractivity contribution in [3.63, 3.8) is 0 Å². The molecule has 222 valence electrons. The van der Waals surface area contributed by atoms with Gasteiger partial charge in [-0.3, -0.25) is 4.79 Å². The molecule has 6 nitrogen and oxygen atoms in total. The molecule has 0 radical (unpaired) electrons. The number of carbonyl (C=O) groups is 2. The van der Waals surface area contributed by atoms with Gasteiger partial charge in [-0.1, -0.05) is 91.2 Å². The summed E-state index contributed by atoms with van der Waals surface area (Å²) in [6, 6.07) is 30.5. The molecule has 0 bridgehead atoms. The third-order valence-corrected chi connectivity index (χ3v) is 8.29. The molecule has 5 rings (SSSR count). The van der Waals surface area contributed by atoms with Gasteiger partial charge in [-0.25, -0.2) is 4.79 Å². The first-order chi connectivity index (χ1) is 21.0. The van der Waals surface area contributed by atoms with E-state index in [0.717, 1.165) is 28.6 Å². The number of hydrogen-bond acceptors (Lipinski definition) is 5. The number of anilines is 2. The van der Waals surface area contributed by atoms with Crippen LogP contribution in [0.3, 0.4) is 0 Å². The Morgan fingerprint density at radius 2 is 1.56 bits per heavy atom. The molecule has 4 aromatic rings. The fourth-order valence-corrected chi connectivity index (χ4v) is 5.95. The number of halogens is 1. The van der Waals surface area contributed by atoms with Crippen LogP contribution in [0.2, 0.25) is 5.02 Å². The van der Waals surface area contributed by atoms with Crippen LogP contribution in [0.5, 0.6) is 5.75 Å². The molecular weight excluding hydrogens is 560 g/mol. The fourth-order valence-electron chi connectivity index (χ4n) is 5.69. The highest BCUT2D eigenvalue weighted by molar-refractivity contribution is 6.33. The van der Waals surface area contributed by atoms with Gasteiger partial charge < -0.3 is 20.1 Å². The van der Waals surface area contributed by atoms with Gasteiger partial charge in [0.2, 0.25) is 0 Å². The number of carboxylic acid groups (broad SMARTS) is 1. The van der Waals surface area contributed by atoms with Crippen molar-refractivity contribution in [1.29, 1.82) is 0 Å². The van der Waals surface area contributed by atoms with E-state index in [1.165, 1.54) is 25.7 Å². The Kier molecular flexibility index (Phi) is 10.3. The van der Waals surface area contributed by atoms with E-state index in [1.54, 1.807) is 36.4 Å². The number of hydrogen-bond donors (Lipinski definition) is 2. The van der Waals surface area contributed by atoms with E-state index >= 15 is 0 Å². The average Bonchev–Trinajstić information content (AvgIpc) is 3.55. The zero-order chi connectivity index (χ0) is 30.0. The van der Waals surface area contributed by atoms with Crippen LogP contribution in [0.25, 0.3) is 0 Å². The monoisotopic (exact) mass is 596 g/mol. The topological polar surface area (TPSA) is 78.9 Å². The third kappa shape index (κ3) is 8.17. The molecule has 7 heteroatoms. The number of rotatable bonds is 14. The van der Waals surface area contributed by atoms with E-state index in [0.29, 0.717) is 35.9 Å². The van der Waals surface area contributed by atoms with Crippen molar-refractivity contribution in [2.24, 2.45) is 5.92 Å². The number of ether oxygens (including phenoxy) is 1. The first kappa shape index (κ1) is 30.2. The second-order valence-electron chi connectivity index (χ2n) is 11.0. The Morgan fingerprint density at radius 3 is 2.28 bits per heavy atom. The van der Waals surface area contributed by atoms with Gasteiger partial charge in [0, 0.05) is 29.8 Å². The molecule has 2 N–H and O–H groups in total. The van der Waals surface area contributed by atoms with Gasteiger partial charge in [-0.2, -0.15) is 0 Å². The molecule has 1 aliphatic rings. The predicted octanol–water partition coefficient (Wildman–Crippen LogP) is 7.75. The lowest BCUT2D eigenvalue weighted by molar-refractivity contribution is -0.137. The standard InChI is InChI=1S/C36H37ClN2O4/c37-31-15-7-9-17-34(31)39(25-27-10-4-5-11-27)22-23-43-29-20-18-26(19-21-29)24-33(36(41)42)38-32-16-8-6-14-30(32)35(40)28-12-2-1-3-13-28/h1-3,6-9,12-21,27,33,38H,4-5,10-11,22-25H2,(H,41,42). The van der Waals surface area contributed by atoms with Crippen LogP contribution in [0, 0.1) is 5.92 Å². The molecule has 1 fully saturated rings. The lowest BCUT2D eigenvalue weighted by atomic mass is 10.00. The average molecular weight is 597 g/mol.